The normalized spacial score (nSPS) is 15.6. The molecular formula is C25H19NO3S. The van der Waals surface area contributed by atoms with Crippen LogP contribution in [0.25, 0.3) is 11.0 Å². The molecule has 1 aliphatic rings. The molecule has 1 aliphatic heterocycles. The van der Waals surface area contributed by atoms with Gasteiger partial charge in [0, 0.05) is 11.4 Å². The third kappa shape index (κ3) is 3.02. The predicted molar refractivity (Wildman–Crippen MR) is 119 cm³/mol. The molecule has 30 heavy (non-hydrogen) atoms. The first-order chi connectivity index (χ1) is 14.7. The third-order valence-electron chi connectivity index (χ3n) is 5.50. The minimum Gasteiger partial charge on any atom is -0.450 e. The second-order valence-electron chi connectivity index (χ2n) is 7.26. The van der Waals surface area contributed by atoms with Gasteiger partial charge >= 0.3 is 0 Å². The molecule has 0 aliphatic carbocycles. The van der Waals surface area contributed by atoms with Gasteiger partial charge < -0.3 is 9.32 Å². The number of fused-ring (bicyclic) bond motifs is 2. The van der Waals surface area contributed by atoms with Crippen molar-refractivity contribution in [2.45, 2.75) is 17.5 Å². The number of thioether (sulfide) groups is 1. The van der Waals surface area contributed by atoms with Gasteiger partial charge in [-0.2, -0.15) is 0 Å². The lowest BCUT2D eigenvalue weighted by molar-refractivity contribution is 0.0714. The summed E-state index contributed by atoms with van der Waals surface area (Å²) in [5.74, 6) is -0.107. The first-order valence-electron chi connectivity index (χ1n) is 9.72. The smallest absolute Gasteiger partial charge is 0.291 e. The van der Waals surface area contributed by atoms with E-state index in [2.05, 4.69) is 0 Å². The van der Waals surface area contributed by atoms with Gasteiger partial charge in [0.05, 0.1) is 17.0 Å². The van der Waals surface area contributed by atoms with Crippen molar-refractivity contribution < 1.29 is 9.21 Å². The molecular weight excluding hydrogens is 394 g/mol. The summed E-state index contributed by atoms with van der Waals surface area (Å²) >= 11 is 1.65. The number of carbonyl (C=O) groups excluding carboxylic acids is 1. The molecule has 0 spiro atoms. The molecule has 0 bridgehead atoms. The number of para-hydroxylation sites is 1. The molecule has 0 fully saturated rings. The van der Waals surface area contributed by atoms with E-state index in [1.54, 1.807) is 34.9 Å². The minimum atomic E-state index is -0.482. The van der Waals surface area contributed by atoms with E-state index >= 15 is 0 Å². The highest BCUT2D eigenvalue weighted by atomic mass is 32.2. The molecule has 2 heterocycles. The first-order valence-corrected chi connectivity index (χ1v) is 10.9. The number of nitrogens with zero attached hydrogens (tertiary/aromatic N) is 1. The number of amides is 1. The summed E-state index contributed by atoms with van der Waals surface area (Å²) in [6, 6.07) is 24.4. The first kappa shape index (κ1) is 18.7. The standard InChI is InChI=1S/C25H19NO3S/c1-30-18-13-11-17(12-14-18)22-21-23(27)19-9-5-6-10-20(19)29-24(21)25(28)26(22)15-16-7-3-2-4-8-16/h2-14,22H,15H2,1H3. The molecule has 1 atom stereocenters. The summed E-state index contributed by atoms with van der Waals surface area (Å²) < 4.78 is 5.97. The summed E-state index contributed by atoms with van der Waals surface area (Å²) in [6.45, 7) is 0.397. The zero-order chi connectivity index (χ0) is 20.7. The van der Waals surface area contributed by atoms with Crippen LogP contribution in [0.5, 0.6) is 0 Å². The Morgan fingerprint density at radius 1 is 0.900 bits per heavy atom. The van der Waals surface area contributed by atoms with Gasteiger partial charge in [0.25, 0.3) is 5.91 Å². The highest BCUT2D eigenvalue weighted by Gasteiger charge is 2.42. The van der Waals surface area contributed by atoms with E-state index in [9.17, 15) is 9.59 Å². The third-order valence-corrected chi connectivity index (χ3v) is 6.24. The Hall–Kier alpha value is -3.31. The quantitative estimate of drug-likeness (QED) is 0.428. The maximum atomic E-state index is 13.4. The summed E-state index contributed by atoms with van der Waals surface area (Å²) in [5, 5.41) is 0.497. The van der Waals surface area contributed by atoms with Crippen LogP contribution >= 0.6 is 11.8 Å². The Balaban J connectivity index is 1.71. The fourth-order valence-electron chi connectivity index (χ4n) is 4.04. The van der Waals surface area contributed by atoms with Crippen molar-refractivity contribution in [1.29, 1.82) is 0 Å². The van der Waals surface area contributed by atoms with Crippen LogP contribution in [0.2, 0.25) is 0 Å². The van der Waals surface area contributed by atoms with Gasteiger partial charge in [-0.3, -0.25) is 9.59 Å². The molecule has 148 valence electrons. The molecule has 1 amide bonds. The molecule has 4 nitrogen and oxygen atoms in total. The number of hydrogen-bond donors (Lipinski definition) is 0. The molecule has 4 aromatic rings. The van der Waals surface area contributed by atoms with Gasteiger partial charge in [-0.15, -0.1) is 11.8 Å². The van der Waals surface area contributed by atoms with E-state index in [-0.39, 0.29) is 17.1 Å². The van der Waals surface area contributed by atoms with Crippen molar-refractivity contribution in [3.8, 4) is 0 Å². The van der Waals surface area contributed by atoms with Gasteiger partial charge in [-0.25, -0.2) is 0 Å². The number of rotatable bonds is 4. The highest BCUT2D eigenvalue weighted by molar-refractivity contribution is 7.98. The van der Waals surface area contributed by atoms with Crippen LogP contribution in [0, 0.1) is 0 Å². The predicted octanol–water partition coefficient (Wildman–Crippen LogP) is 5.26. The van der Waals surface area contributed by atoms with Crippen LogP contribution in [0.1, 0.15) is 33.3 Å². The van der Waals surface area contributed by atoms with Crippen molar-refractivity contribution in [2.24, 2.45) is 0 Å². The lowest BCUT2D eigenvalue weighted by atomic mass is 9.98. The largest absolute Gasteiger partial charge is 0.450 e. The Morgan fingerprint density at radius 3 is 2.33 bits per heavy atom. The van der Waals surface area contributed by atoms with Crippen LogP contribution in [-0.4, -0.2) is 17.1 Å². The van der Waals surface area contributed by atoms with E-state index in [0.29, 0.717) is 23.1 Å². The van der Waals surface area contributed by atoms with Gasteiger partial charge in [0.1, 0.15) is 5.58 Å². The van der Waals surface area contributed by atoms with Crippen LogP contribution in [-0.2, 0) is 6.54 Å². The molecule has 0 saturated heterocycles. The Labute approximate surface area is 178 Å². The van der Waals surface area contributed by atoms with Crippen molar-refractivity contribution >= 4 is 28.6 Å². The highest BCUT2D eigenvalue weighted by Crippen LogP contribution is 2.39. The van der Waals surface area contributed by atoms with Crippen LogP contribution in [0.3, 0.4) is 0 Å². The molecule has 5 rings (SSSR count). The van der Waals surface area contributed by atoms with Gasteiger partial charge in [0.2, 0.25) is 5.76 Å². The average molecular weight is 413 g/mol. The van der Waals surface area contributed by atoms with E-state index in [1.165, 1.54) is 0 Å². The molecule has 1 unspecified atom stereocenters. The van der Waals surface area contributed by atoms with E-state index < -0.39 is 6.04 Å². The second kappa shape index (κ2) is 7.50. The molecule has 1 aromatic heterocycles. The summed E-state index contributed by atoms with van der Waals surface area (Å²) in [5.41, 5.74) is 2.62. The Kier molecular flexibility index (Phi) is 4.68. The van der Waals surface area contributed by atoms with E-state index in [4.69, 9.17) is 4.42 Å². The topological polar surface area (TPSA) is 50.5 Å². The lowest BCUT2D eigenvalue weighted by Crippen LogP contribution is -2.29. The van der Waals surface area contributed by atoms with E-state index in [1.807, 2.05) is 66.9 Å². The second-order valence-corrected chi connectivity index (χ2v) is 8.14. The molecule has 3 aromatic carbocycles. The van der Waals surface area contributed by atoms with Gasteiger partial charge in [-0.1, -0.05) is 54.6 Å². The number of hydrogen-bond acceptors (Lipinski definition) is 4. The Morgan fingerprint density at radius 2 is 1.60 bits per heavy atom. The maximum Gasteiger partial charge on any atom is 0.291 e. The van der Waals surface area contributed by atoms with Gasteiger partial charge in [0.15, 0.2) is 5.43 Å². The van der Waals surface area contributed by atoms with Crippen molar-refractivity contribution in [3.63, 3.8) is 0 Å². The zero-order valence-corrected chi connectivity index (χ0v) is 17.2. The average Bonchev–Trinajstić information content (AvgIpc) is 3.06. The fourth-order valence-corrected chi connectivity index (χ4v) is 4.45. The monoisotopic (exact) mass is 413 g/mol. The lowest BCUT2D eigenvalue weighted by Gasteiger charge is -2.25. The molecule has 0 radical (unpaired) electrons. The van der Waals surface area contributed by atoms with Crippen molar-refractivity contribution in [2.75, 3.05) is 6.26 Å². The fraction of sp³-hybridized carbons (Fsp3) is 0.120. The van der Waals surface area contributed by atoms with Crippen LogP contribution in [0.15, 0.2) is 93.0 Å². The van der Waals surface area contributed by atoms with Crippen molar-refractivity contribution in [3.05, 3.63) is 112 Å². The van der Waals surface area contributed by atoms with Crippen molar-refractivity contribution in [1.82, 2.24) is 4.90 Å². The summed E-state index contributed by atoms with van der Waals surface area (Å²) in [7, 11) is 0. The summed E-state index contributed by atoms with van der Waals surface area (Å²) in [6.07, 6.45) is 2.02. The maximum absolute atomic E-state index is 13.4. The molecule has 0 N–H and O–H groups in total. The van der Waals surface area contributed by atoms with E-state index in [0.717, 1.165) is 16.0 Å². The number of carbonyl (C=O) groups is 1. The van der Waals surface area contributed by atoms with Crippen LogP contribution < -0.4 is 5.43 Å². The number of benzene rings is 3. The summed E-state index contributed by atoms with van der Waals surface area (Å²) in [4.78, 5) is 29.7. The minimum absolute atomic E-state index is 0.144. The SMILES string of the molecule is CSc1ccc(C2c3c(oc4ccccc4c3=O)C(=O)N2Cc2ccccc2)cc1. The zero-order valence-electron chi connectivity index (χ0n) is 16.4. The Bertz CT molecular complexity index is 1300. The van der Waals surface area contributed by atoms with Gasteiger partial charge in [-0.05, 0) is 41.6 Å². The molecule has 0 saturated carbocycles. The molecule has 5 heteroatoms. The van der Waals surface area contributed by atoms with Crippen LogP contribution in [0.4, 0.5) is 0 Å².